The summed E-state index contributed by atoms with van der Waals surface area (Å²) in [5.74, 6) is 0.924. The molecule has 0 aromatic heterocycles. The maximum absolute atomic E-state index is 6.03. The summed E-state index contributed by atoms with van der Waals surface area (Å²) in [5, 5.41) is 0. The molecule has 1 nitrogen and oxygen atoms in total. The van der Waals surface area contributed by atoms with E-state index in [2.05, 4.69) is 49.4 Å². The van der Waals surface area contributed by atoms with Gasteiger partial charge in [-0.3, -0.25) is 0 Å². The maximum atomic E-state index is 6.03. The third kappa shape index (κ3) is 5.20. The van der Waals surface area contributed by atoms with Crippen LogP contribution in [0.3, 0.4) is 0 Å². The van der Waals surface area contributed by atoms with E-state index in [0.29, 0.717) is 6.10 Å². The van der Waals surface area contributed by atoms with Crippen LogP contribution < -0.4 is 0 Å². The van der Waals surface area contributed by atoms with Crippen molar-refractivity contribution in [2.75, 3.05) is 0 Å². The molecule has 0 unspecified atom stereocenters. The molecule has 1 saturated carbocycles. The van der Waals surface area contributed by atoms with Crippen molar-refractivity contribution in [1.82, 2.24) is 0 Å². The molecule has 1 fully saturated rings. The van der Waals surface area contributed by atoms with Gasteiger partial charge >= 0.3 is 0 Å². The zero-order valence-corrected chi connectivity index (χ0v) is 12.1. The Balaban J connectivity index is 1.63. The van der Waals surface area contributed by atoms with Gasteiger partial charge in [0.25, 0.3) is 0 Å². The summed E-state index contributed by atoms with van der Waals surface area (Å²) >= 11 is 0. The monoisotopic (exact) mass is 258 g/mol. The van der Waals surface area contributed by atoms with E-state index in [1.807, 2.05) is 0 Å². The summed E-state index contributed by atoms with van der Waals surface area (Å²) in [5.41, 5.74) is 1.29. The van der Waals surface area contributed by atoms with Gasteiger partial charge in [-0.2, -0.15) is 0 Å². The highest BCUT2D eigenvalue weighted by Gasteiger charge is 2.20. The summed E-state index contributed by atoms with van der Waals surface area (Å²) in [6.45, 7) is 2.88. The molecule has 0 radical (unpaired) electrons. The van der Waals surface area contributed by atoms with Gasteiger partial charge in [0.2, 0.25) is 0 Å². The highest BCUT2D eigenvalue weighted by Crippen LogP contribution is 2.29. The Kier molecular flexibility index (Phi) is 6.16. The number of hydrogen-bond acceptors (Lipinski definition) is 1. The summed E-state index contributed by atoms with van der Waals surface area (Å²) in [4.78, 5) is 0. The predicted molar refractivity (Wildman–Crippen MR) is 81.0 cm³/mol. The molecule has 0 heterocycles. The third-order valence-corrected chi connectivity index (χ3v) is 4.10. The molecule has 1 aliphatic carbocycles. The Hall–Kier alpha value is -1.08. The normalized spacial score (nSPS) is 23.8. The molecule has 0 amide bonds. The van der Waals surface area contributed by atoms with Crippen molar-refractivity contribution in [3.63, 3.8) is 0 Å². The Labute approximate surface area is 117 Å². The second-order valence-electron chi connectivity index (χ2n) is 5.59. The van der Waals surface area contributed by atoms with Gasteiger partial charge in [0.05, 0.1) is 12.7 Å². The van der Waals surface area contributed by atoms with Crippen LogP contribution in [0.5, 0.6) is 0 Å². The number of ether oxygens (including phenoxy) is 1. The van der Waals surface area contributed by atoms with Crippen LogP contribution in [0.4, 0.5) is 0 Å². The van der Waals surface area contributed by atoms with Gasteiger partial charge in [-0.1, -0.05) is 42.5 Å². The van der Waals surface area contributed by atoms with Crippen LogP contribution in [-0.4, -0.2) is 6.10 Å². The van der Waals surface area contributed by atoms with E-state index in [0.717, 1.165) is 12.5 Å². The van der Waals surface area contributed by atoms with E-state index in [4.69, 9.17) is 4.74 Å². The molecule has 0 bridgehead atoms. The highest BCUT2D eigenvalue weighted by molar-refractivity contribution is 5.13. The Morgan fingerprint density at radius 3 is 2.53 bits per heavy atom. The molecule has 0 spiro atoms. The summed E-state index contributed by atoms with van der Waals surface area (Å²) < 4.78 is 6.03. The van der Waals surface area contributed by atoms with Gasteiger partial charge in [-0.15, -0.1) is 0 Å². The number of rotatable bonds is 6. The zero-order valence-electron chi connectivity index (χ0n) is 12.1. The number of allylic oxidation sites excluding steroid dienone is 2. The molecule has 1 heteroatoms. The first-order chi connectivity index (χ1) is 9.38. The van der Waals surface area contributed by atoms with Crippen molar-refractivity contribution in [2.45, 2.75) is 58.2 Å². The molecule has 0 aliphatic heterocycles. The summed E-state index contributed by atoms with van der Waals surface area (Å²) in [7, 11) is 0. The van der Waals surface area contributed by atoms with Crippen LogP contribution in [0.2, 0.25) is 0 Å². The molecule has 0 atom stereocenters. The second kappa shape index (κ2) is 8.16. The van der Waals surface area contributed by atoms with Gasteiger partial charge in [-0.05, 0) is 56.9 Å². The minimum Gasteiger partial charge on any atom is -0.374 e. The van der Waals surface area contributed by atoms with Gasteiger partial charge in [0.15, 0.2) is 0 Å². The van der Waals surface area contributed by atoms with E-state index in [1.165, 1.54) is 44.1 Å². The number of benzene rings is 1. The SMILES string of the molecule is C/C=C/CCC1CCC(OCc2ccccc2)CC1. The van der Waals surface area contributed by atoms with Crippen LogP contribution in [0.15, 0.2) is 42.5 Å². The average Bonchev–Trinajstić information content (AvgIpc) is 2.48. The molecule has 104 valence electrons. The fraction of sp³-hybridized carbons (Fsp3) is 0.556. The lowest BCUT2D eigenvalue weighted by atomic mass is 9.84. The quantitative estimate of drug-likeness (QED) is 0.644. The zero-order chi connectivity index (χ0) is 13.3. The fourth-order valence-electron chi connectivity index (χ4n) is 2.87. The van der Waals surface area contributed by atoms with E-state index < -0.39 is 0 Å². The van der Waals surface area contributed by atoms with Crippen LogP contribution in [0.1, 0.15) is 51.0 Å². The van der Waals surface area contributed by atoms with Crippen molar-refractivity contribution in [1.29, 1.82) is 0 Å². The van der Waals surface area contributed by atoms with Crippen LogP contribution in [0.25, 0.3) is 0 Å². The molecule has 1 aliphatic rings. The first-order valence-electron chi connectivity index (χ1n) is 7.65. The standard InChI is InChI=1S/C18H26O/c1-2-3-5-8-16-11-13-18(14-12-16)19-15-17-9-6-4-7-10-17/h2-4,6-7,9-10,16,18H,5,8,11-15H2,1H3/b3-2+. The van der Waals surface area contributed by atoms with Gasteiger partial charge in [0, 0.05) is 0 Å². The Bertz CT molecular complexity index is 361. The van der Waals surface area contributed by atoms with Crippen molar-refractivity contribution in [2.24, 2.45) is 5.92 Å². The fourth-order valence-corrected chi connectivity index (χ4v) is 2.87. The van der Waals surface area contributed by atoms with Crippen LogP contribution in [0, 0.1) is 5.92 Å². The third-order valence-electron chi connectivity index (χ3n) is 4.10. The molecule has 1 aromatic rings. The molecule has 1 aromatic carbocycles. The molecule has 0 saturated heterocycles. The topological polar surface area (TPSA) is 9.23 Å². The van der Waals surface area contributed by atoms with Crippen molar-refractivity contribution in [3.05, 3.63) is 48.0 Å². The Morgan fingerprint density at radius 2 is 1.84 bits per heavy atom. The molecular formula is C18H26O. The smallest absolute Gasteiger partial charge is 0.0720 e. The lowest BCUT2D eigenvalue weighted by Gasteiger charge is -2.28. The van der Waals surface area contributed by atoms with Gasteiger partial charge in [0.1, 0.15) is 0 Å². The van der Waals surface area contributed by atoms with Crippen molar-refractivity contribution >= 4 is 0 Å². The van der Waals surface area contributed by atoms with Crippen LogP contribution in [-0.2, 0) is 11.3 Å². The lowest BCUT2D eigenvalue weighted by Crippen LogP contribution is -2.21. The van der Waals surface area contributed by atoms with E-state index in [1.54, 1.807) is 0 Å². The average molecular weight is 258 g/mol. The molecule has 2 rings (SSSR count). The maximum Gasteiger partial charge on any atom is 0.0720 e. The van der Waals surface area contributed by atoms with Crippen LogP contribution >= 0.6 is 0 Å². The summed E-state index contributed by atoms with van der Waals surface area (Å²) in [6, 6.07) is 10.5. The molecular weight excluding hydrogens is 232 g/mol. The first kappa shape index (κ1) is 14.3. The van der Waals surface area contributed by atoms with Crippen molar-refractivity contribution in [3.8, 4) is 0 Å². The first-order valence-corrected chi connectivity index (χ1v) is 7.65. The summed E-state index contributed by atoms with van der Waals surface area (Å²) in [6.07, 6.45) is 12.7. The molecule has 0 N–H and O–H groups in total. The minimum absolute atomic E-state index is 0.484. The van der Waals surface area contributed by atoms with E-state index in [9.17, 15) is 0 Å². The van der Waals surface area contributed by atoms with Gasteiger partial charge < -0.3 is 4.74 Å². The largest absolute Gasteiger partial charge is 0.374 e. The second-order valence-corrected chi connectivity index (χ2v) is 5.59. The van der Waals surface area contributed by atoms with Crippen molar-refractivity contribution < 1.29 is 4.74 Å². The molecule has 19 heavy (non-hydrogen) atoms. The highest BCUT2D eigenvalue weighted by atomic mass is 16.5. The Morgan fingerprint density at radius 1 is 1.11 bits per heavy atom. The lowest BCUT2D eigenvalue weighted by molar-refractivity contribution is 0.00647. The number of hydrogen-bond donors (Lipinski definition) is 0. The van der Waals surface area contributed by atoms with Gasteiger partial charge in [-0.25, -0.2) is 0 Å². The van der Waals surface area contributed by atoms with E-state index in [-0.39, 0.29) is 0 Å². The minimum atomic E-state index is 0.484. The predicted octanol–water partition coefficient (Wildman–Crippen LogP) is 5.12. The van der Waals surface area contributed by atoms with E-state index >= 15 is 0 Å².